The molecule has 0 fully saturated rings. The Kier molecular flexibility index (Phi) is 5.10. The lowest BCUT2D eigenvalue weighted by Crippen LogP contribution is -2.40. The highest BCUT2D eigenvalue weighted by Gasteiger charge is 2.21. The first kappa shape index (κ1) is 14.0. The van der Waals surface area contributed by atoms with Crippen molar-refractivity contribution < 1.29 is 14.7 Å². The van der Waals surface area contributed by atoms with Crippen LogP contribution in [0.4, 0.5) is 5.82 Å². The Morgan fingerprint density at radius 2 is 2.22 bits per heavy atom. The predicted molar refractivity (Wildman–Crippen MR) is 67.6 cm³/mol. The third-order valence-corrected chi connectivity index (χ3v) is 2.47. The highest BCUT2D eigenvalue weighted by Crippen LogP contribution is 2.11. The minimum atomic E-state index is -1.03. The number of nitrogens with one attached hydrogen (secondary N) is 2. The molecule has 0 aliphatic carbocycles. The quantitative estimate of drug-likeness (QED) is 0.704. The number of nitrogens with zero attached hydrogens (tertiary/aromatic N) is 1. The highest BCUT2D eigenvalue weighted by atomic mass is 16.4. The maximum atomic E-state index is 12.0. The summed E-state index contributed by atoms with van der Waals surface area (Å²) >= 11 is 0. The molecule has 3 N–H and O–H groups in total. The zero-order valence-electron chi connectivity index (χ0n) is 10.4. The molecule has 0 saturated carbocycles. The van der Waals surface area contributed by atoms with Gasteiger partial charge in [-0.3, -0.25) is 4.79 Å². The third kappa shape index (κ3) is 3.44. The fourth-order valence-corrected chi connectivity index (χ4v) is 1.57. The van der Waals surface area contributed by atoms with E-state index in [-0.39, 0.29) is 0 Å². The summed E-state index contributed by atoms with van der Waals surface area (Å²) in [5.74, 6) is -1.04. The zero-order valence-corrected chi connectivity index (χ0v) is 10.4. The predicted octanol–water partition coefficient (Wildman–Crippen LogP) is 1.11. The number of amides is 1. The van der Waals surface area contributed by atoms with Crippen molar-refractivity contribution in [2.24, 2.45) is 0 Å². The van der Waals surface area contributed by atoms with Crippen molar-refractivity contribution in [3.8, 4) is 0 Å². The van der Waals surface area contributed by atoms with Gasteiger partial charge in [-0.05, 0) is 18.6 Å². The average molecular weight is 251 g/mol. The summed E-state index contributed by atoms with van der Waals surface area (Å²) in [7, 11) is 1.65. The first-order valence-corrected chi connectivity index (χ1v) is 5.76. The van der Waals surface area contributed by atoms with Crippen LogP contribution in [-0.4, -0.2) is 35.1 Å². The van der Waals surface area contributed by atoms with Crippen LogP contribution in [0.3, 0.4) is 0 Å². The molecular formula is C12H17N3O3. The van der Waals surface area contributed by atoms with Crippen molar-refractivity contribution in [3.63, 3.8) is 0 Å². The molecular weight excluding hydrogens is 234 g/mol. The molecule has 0 bridgehead atoms. The van der Waals surface area contributed by atoms with Crippen molar-refractivity contribution in [1.29, 1.82) is 0 Å². The van der Waals surface area contributed by atoms with E-state index >= 15 is 0 Å². The molecule has 1 amide bonds. The van der Waals surface area contributed by atoms with Gasteiger partial charge in [0, 0.05) is 13.2 Å². The molecule has 98 valence electrons. The van der Waals surface area contributed by atoms with E-state index in [1.165, 1.54) is 0 Å². The maximum Gasteiger partial charge on any atom is 0.326 e. The van der Waals surface area contributed by atoms with E-state index in [9.17, 15) is 9.59 Å². The zero-order chi connectivity index (χ0) is 13.5. The number of hydrogen-bond acceptors (Lipinski definition) is 4. The number of anilines is 1. The molecule has 1 aromatic heterocycles. The summed E-state index contributed by atoms with van der Waals surface area (Å²) in [5.41, 5.74) is 0.336. The molecule has 6 heteroatoms. The molecule has 1 atom stereocenters. The molecule has 0 aromatic carbocycles. The Hall–Kier alpha value is -2.11. The second-order valence-electron chi connectivity index (χ2n) is 3.80. The van der Waals surface area contributed by atoms with Crippen LogP contribution in [0.2, 0.25) is 0 Å². The van der Waals surface area contributed by atoms with Crippen LogP contribution >= 0.6 is 0 Å². The molecule has 0 spiro atoms. The van der Waals surface area contributed by atoms with Crippen molar-refractivity contribution >= 4 is 17.7 Å². The van der Waals surface area contributed by atoms with Gasteiger partial charge in [-0.2, -0.15) is 0 Å². The molecule has 1 aromatic rings. The number of carboxylic acid groups (broad SMARTS) is 1. The largest absolute Gasteiger partial charge is 0.480 e. The lowest BCUT2D eigenvalue weighted by atomic mass is 10.1. The summed E-state index contributed by atoms with van der Waals surface area (Å²) in [6, 6.07) is 2.36. The normalized spacial score (nSPS) is 11.7. The van der Waals surface area contributed by atoms with E-state index in [1.807, 2.05) is 6.92 Å². The molecule has 18 heavy (non-hydrogen) atoms. The minimum Gasteiger partial charge on any atom is -0.480 e. The number of pyridine rings is 1. The number of hydrogen-bond donors (Lipinski definition) is 3. The van der Waals surface area contributed by atoms with Crippen LogP contribution < -0.4 is 10.6 Å². The lowest BCUT2D eigenvalue weighted by molar-refractivity contribution is -0.139. The van der Waals surface area contributed by atoms with Crippen LogP contribution in [0.5, 0.6) is 0 Å². The maximum absolute atomic E-state index is 12.0. The van der Waals surface area contributed by atoms with Crippen molar-refractivity contribution in [1.82, 2.24) is 10.3 Å². The van der Waals surface area contributed by atoms with Crippen LogP contribution in [-0.2, 0) is 4.79 Å². The molecule has 1 unspecified atom stereocenters. The Balaban J connectivity index is 2.83. The number of aromatic nitrogens is 1. The van der Waals surface area contributed by atoms with Gasteiger partial charge in [-0.1, -0.05) is 13.3 Å². The van der Waals surface area contributed by atoms with Crippen molar-refractivity contribution in [2.75, 3.05) is 12.4 Å². The highest BCUT2D eigenvalue weighted by molar-refractivity contribution is 6.00. The summed E-state index contributed by atoms with van der Waals surface area (Å²) in [5, 5.41) is 14.3. The third-order valence-electron chi connectivity index (χ3n) is 2.47. The van der Waals surface area contributed by atoms with Crippen LogP contribution in [0.15, 0.2) is 18.3 Å². The minimum absolute atomic E-state index is 0.336. The van der Waals surface area contributed by atoms with Gasteiger partial charge in [0.25, 0.3) is 5.91 Å². The van der Waals surface area contributed by atoms with E-state index < -0.39 is 17.9 Å². The number of rotatable bonds is 6. The summed E-state index contributed by atoms with van der Waals surface area (Å²) in [4.78, 5) is 26.9. The number of carbonyl (C=O) groups excluding carboxylic acids is 1. The number of aliphatic carboxylic acids is 1. The van der Waals surface area contributed by atoms with Crippen LogP contribution in [0, 0.1) is 0 Å². The topological polar surface area (TPSA) is 91.3 Å². The van der Waals surface area contributed by atoms with Gasteiger partial charge >= 0.3 is 5.97 Å². The van der Waals surface area contributed by atoms with Crippen molar-refractivity contribution in [2.45, 2.75) is 25.8 Å². The first-order valence-electron chi connectivity index (χ1n) is 5.76. The Labute approximate surface area is 105 Å². The molecule has 0 radical (unpaired) electrons. The average Bonchev–Trinajstić information content (AvgIpc) is 2.37. The fraction of sp³-hybridized carbons (Fsp3) is 0.417. The van der Waals surface area contributed by atoms with Gasteiger partial charge in [0.15, 0.2) is 0 Å². The monoisotopic (exact) mass is 251 g/mol. The van der Waals surface area contributed by atoms with E-state index in [4.69, 9.17) is 5.11 Å². The van der Waals surface area contributed by atoms with Crippen molar-refractivity contribution in [3.05, 3.63) is 23.9 Å². The summed E-state index contributed by atoms with van der Waals surface area (Å²) in [6.45, 7) is 1.87. The second-order valence-corrected chi connectivity index (χ2v) is 3.80. The second kappa shape index (κ2) is 6.58. The Bertz CT molecular complexity index is 434. The van der Waals surface area contributed by atoms with E-state index in [0.29, 0.717) is 24.2 Å². The van der Waals surface area contributed by atoms with E-state index in [2.05, 4.69) is 15.6 Å². The smallest absolute Gasteiger partial charge is 0.326 e. The fourth-order valence-electron chi connectivity index (χ4n) is 1.57. The van der Waals surface area contributed by atoms with E-state index in [0.717, 1.165) is 0 Å². The molecule has 6 nitrogen and oxygen atoms in total. The summed E-state index contributed by atoms with van der Waals surface area (Å²) in [6.07, 6.45) is 2.64. The molecule has 1 heterocycles. The Morgan fingerprint density at radius 3 is 2.78 bits per heavy atom. The van der Waals surface area contributed by atoms with Gasteiger partial charge in [0.05, 0.1) is 5.56 Å². The van der Waals surface area contributed by atoms with Gasteiger partial charge in [-0.15, -0.1) is 0 Å². The van der Waals surface area contributed by atoms with E-state index in [1.54, 1.807) is 25.4 Å². The van der Waals surface area contributed by atoms with Gasteiger partial charge in [0.1, 0.15) is 11.9 Å². The first-order chi connectivity index (χ1) is 8.60. The molecule has 0 aliphatic rings. The molecule has 0 aliphatic heterocycles. The standard InChI is InChI=1S/C12H17N3O3/c1-3-5-9(12(17)18)15-11(16)8-6-4-7-14-10(8)13-2/h4,6-7,9H,3,5H2,1-2H3,(H,13,14)(H,15,16)(H,17,18). The lowest BCUT2D eigenvalue weighted by Gasteiger charge is -2.14. The van der Waals surface area contributed by atoms with Gasteiger partial charge in [-0.25, -0.2) is 9.78 Å². The Morgan fingerprint density at radius 1 is 1.50 bits per heavy atom. The number of carboxylic acids is 1. The van der Waals surface area contributed by atoms with Gasteiger partial charge < -0.3 is 15.7 Å². The SMILES string of the molecule is CCCC(NC(=O)c1cccnc1NC)C(=O)O. The summed E-state index contributed by atoms with van der Waals surface area (Å²) < 4.78 is 0. The number of carbonyl (C=O) groups is 2. The van der Waals surface area contributed by atoms with Crippen LogP contribution in [0.25, 0.3) is 0 Å². The van der Waals surface area contributed by atoms with Gasteiger partial charge in [0.2, 0.25) is 0 Å². The molecule has 1 rings (SSSR count). The van der Waals surface area contributed by atoms with Crippen LogP contribution in [0.1, 0.15) is 30.1 Å². The molecule has 0 saturated heterocycles.